The highest BCUT2D eigenvalue weighted by Gasteiger charge is 2.25. The van der Waals surface area contributed by atoms with Gasteiger partial charge in [-0.15, -0.1) is 0 Å². The Morgan fingerprint density at radius 3 is 3.05 bits per heavy atom. The van der Waals surface area contributed by atoms with Gasteiger partial charge >= 0.3 is 0 Å². The fourth-order valence-corrected chi connectivity index (χ4v) is 2.51. The number of anilines is 2. The normalized spacial score (nSPS) is 18.9. The maximum atomic E-state index is 4.65. The molecule has 19 heavy (non-hydrogen) atoms. The van der Waals surface area contributed by atoms with E-state index in [9.17, 15) is 0 Å². The summed E-state index contributed by atoms with van der Waals surface area (Å²) in [6.45, 7) is 5.45. The number of hydrogen-bond acceptors (Lipinski definition) is 5. The predicted octanol–water partition coefficient (Wildman–Crippen LogP) is 1.51. The predicted molar refractivity (Wildman–Crippen MR) is 79.9 cm³/mol. The van der Waals surface area contributed by atoms with Gasteiger partial charge in [0.05, 0.1) is 0 Å². The van der Waals surface area contributed by atoms with Crippen molar-refractivity contribution < 1.29 is 0 Å². The van der Waals surface area contributed by atoms with Crippen LogP contribution in [0.3, 0.4) is 0 Å². The molecule has 1 saturated heterocycles. The Morgan fingerprint density at radius 2 is 2.32 bits per heavy atom. The van der Waals surface area contributed by atoms with Gasteiger partial charge < -0.3 is 15.1 Å². The van der Waals surface area contributed by atoms with Crippen molar-refractivity contribution in [1.29, 1.82) is 0 Å². The molecule has 2 heterocycles. The van der Waals surface area contributed by atoms with E-state index in [1.807, 2.05) is 31.3 Å². The second-order valence-corrected chi connectivity index (χ2v) is 5.30. The van der Waals surface area contributed by atoms with Gasteiger partial charge in [0.25, 0.3) is 0 Å². The molecule has 1 aromatic heterocycles. The van der Waals surface area contributed by atoms with Crippen LogP contribution in [-0.2, 0) is 0 Å². The average Bonchev–Trinajstić information content (AvgIpc) is 2.87. The summed E-state index contributed by atoms with van der Waals surface area (Å²) >= 11 is 0. The first kappa shape index (κ1) is 14.1. The van der Waals surface area contributed by atoms with Crippen LogP contribution in [0.25, 0.3) is 0 Å². The lowest BCUT2D eigenvalue weighted by molar-refractivity contribution is 0.568. The highest BCUT2D eigenvalue weighted by molar-refractivity contribution is 5.45. The first-order chi connectivity index (χ1) is 9.22. The fourth-order valence-electron chi connectivity index (χ4n) is 2.51. The van der Waals surface area contributed by atoms with Crippen molar-refractivity contribution in [3.05, 3.63) is 12.3 Å². The smallest absolute Gasteiger partial charge is 0.226 e. The fraction of sp³-hybridized carbons (Fsp3) is 0.714. The van der Waals surface area contributed by atoms with Crippen LogP contribution in [0.5, 0.6) is 0 Å². The Bertz CT molecular complexity index is 393. The molecule has 5 heteroatoms. The molecule has 1 aliphatic rings. The standard InChI is InChI=1S/C14H25N5/c1-4-8-15-11-12-6-5-10-19(12)13-7-9-16-14(17-13)18(2)3/h7,9,12,15H,4-6,8,10-11H2,1-3H3. The van der Waals surface area contributed by atoms with E-state index in [-0.39, 0.29) is 0 Å². The van der Waals surface area contributed by atoms with E-state index in [1.165, 1.54) is 19.3 Å². The van der Waals surface area contributed by atoms with Crippen LogP contribution in [0.1, 0.15) is 26.2 Å². The van der Waals surface area contributed by atoms with E-state index >= 15 is 0 Å². The third-order valence-corrected chi connectivity index (χ3v) is 3.51. The summed E-state index contributed by atoms with van der Waals surface area (Å²) < 4.78 is 0. The molecule has 1 aliphatic heterocycles. The molecule has 5 nitrogen and oxygen atoms in total. The van der Waals surface area contributed by atoms with Gasteiger partial charge in [0.1, 0.15) is 5.82 Å². The van der Waals surface area contributed by atoms with Crippen molar-refractivity contribution >= 4 is 11.8 Å². The molecule has 0 radical (unpaired) electrons. The summed E-state index contributed by atoms with van der Waals surface area (Å²) in [5.74, 6) is 1.84. The maximum absolute atomic E-state index is 4.65. The Balaban J connectivity index is 2.04. The van der Waals surface area contributed by atoms with E-state index in [4.69, 9.17) is 0 Å². The van der Waals surface area contributed by atoms with Gasteiger partial charge in [0.2, 0.25) is 5.95 Å². The molecule has 1 unspecified atom stereocenters. The third-order valence-electron chi connectivity index (χ3n) is 3.51. The Kier molecular flexibility index (Phi) is 4.96. The van der Waals surface area contributed by atoms with Crippen molar-refractivity contribution in [3.8, 4) is 0 Å². The van der Waals surface area contributed by atoms with Crippen LogP contribution < -0.4 is 15.1 Å². The number of aromatic nitrogens is 2. The van der Waals surface area contributed by atoms with Gasteiger partial charge in [-0.2, -0.15) is 4.98 Å². The molecule has 0 bridgehead atoms. The van der Waals surface area contributed by atoms with E-state index in [2.05, 4.69) is 27.1 Å². The van der Waals surface area contributed by atoms with E-state index in [1.54, 1.807) is 0 Å². The van der Waals surface area contributed by atoms with Crippen LogP contribution in [0.4, 0.5) is 11.8 Å². The molecule has 0 amide bonds. The van der Waals surface area contributed by atoms with E-state index in [0.29, 0.717) is 6.04 Å². The lowest BCUT2D eigenvalue weighted by Gasteiger charge is -2.26. The Hall–Kier alpha value is -1.36. The topological polar surface area (TPSA) is 44.3 Å². The summed E-state index contributed by atoms with van der Waals surface area (Å²) in [6, 6.07) is 2.59. The van der Waals surface area contributed by atoms with Crippen molar-refractivity contribution in [1.82, 2.24) is 15.3 Å². The Morgan fingerprint density at radius 1 is 1.47 bits per heavy atom. The number of nitrogens with one attached hydrogen (secondary N) is 1. The zero-order valence-electron chi connectivity index (χ0n) is 12.3. The summed E-state index contributed by atoms with van der Waals surface area (Å²) in [4.78, 5) is 13.3. The van der Waals surface area contributed by atoms with Crippen LogP contribution in [0.15, 0.2) is 12.3 Å². The second kappa shape index (κ2) is 6.70. The van der Waals surface area contributed by atoms with Gasteiger partial charge in [0.15, 0.2) is 0 Å². The highest BCUT2D eigenvalue weighted by atomic mass is 15.3. The van der Waals surface area contributed by atoms with Crippen molar-refractivity contribution in [3.63, 3.8) is 0 Å². The van der Waals surface area contributed by atoms with E-state index < -0.39 is 0 Å². The van der Waals surface area contributed by atoms with Crippen LogP contribution in [0, 0.1) is 0 Å². The van der Waals surface area contributed by atoms with Crippen LogP contribution in [-0.4, -0.2) is 49.7 Å². The number of hydrogen-bond donors (Lipinski definition) is 1. The molecule has 0 aliphatic carbocycles. The van der Waals surface area contributed by atoms with Gasteiger partial charge in [-0.3, -0.25) is 0 Å². The first-order valence-corrected chi connectivity index (χ1v) is 7.20. The van der Waals surface area contributed by atoms with Gasteiger partial charge in [-0.1, -0.05) is 6.92 Å². The van der Waals surface area contributed by atoms with Crippen molar-refractivity contribution in [2.45, 2.75) is 32.2 Å². The number of rotatable bonds is 6. The van der Waals surface area contributed by atoms with E-state index in [0.717, 1.165) is 31.4 Å². The zero-order chi connectivity index (χ0) is 13.7. The largest absolute Gasteiger partial charge is 0.352 e. The SMILES string of the molecule is CCCNCC1CCCN1c1ccnc(N(C)C)n1. The molecule has 1 N–H and O–H groups in total. The quantitative estimate of drug-likeness (QED) is 0.788. The average molecular weight is 263 g/mol. The molecule has 106 valence electrons. The minimum absolute atomic E-state index is 0.566. The van der Waals surface area contributed by atoms with Crippen LogP contribution in [0.2, 0.25) is 0 Å². The molecule has 1 atom stereocenters. The Labute approximate surface area is 116 Å². The lowest BCUT2D eigenvalue weighted by atomic mass is 10.2. The zero-order valence-corrected chi connectivity index (χ0v) is 12.3. The molecule has 2 rings (SSSR count). The first-order valence-electron chi connectivity index (χ1n) is 7.20. The molecular weight excluding hydrogens is 238 g/mol. The van der Waals surface area contributed by atoms with Gasteiger partial charge in [-0.25, -0.2) is 4.98 Å². The molecule has 0 spiro atoms. The van der Waals surface area contributed by atoms with Crippen molar-refractivity contribution in [2.75, 3.05) is 43.5 Å². The van der Waals surface area contributed by atoms with Crippen molar-refractivity contribution in [2.24, 2.45) is 0 Å². The summed E-state index contributed by atoms with van der Waals surface area (Å²) in [5, 5.41) is 3.52. The summed E-state index contributed by atoms with van der Waals surface area (Å²) in [7, 11) is 3.95. The van der Waals surface area contributed by atoms with Crippen LogP contribution >= 0.6 is 0 Å². The molecule has 1 fully saturated rings. The lowest BCUT2D eigenvalue weighted by Crippen LogP contribution is -2.38. The van der Waals surface area contributed by atoms with Gasteiger partial charge in [0, 0.05) is 39.4 Å². The monoisotopic (exact) mass is 263 g/mol. The maximum Gasteiger partial charge on any atom is 0.226 e. The molecular formula is C14H25N5. The summed E-state index contributed by atoms with van der Waals surface area (Å²) in [6.07, 6.45) is 5.54. The summed E-state index contributed by atoms with van der Waals surface area (Å²) in [5.41, 5.74) is 0. The second-order valence-electron chi connectivity index (χ2n) is 5.30. The molecule has 1 aromatic rings. The molecule has 0 saturated carbocycles. The third kappa shape index (κ3) is 3.56. The number of nitrogens with zero attached hydrogens (tertiary/aromatic N) is 4. The minimum atomic E-state index is 0.566. The molecule has 0 aromatic carbocycles. The minimum Gasteiger partial charge on any atom is -0.352 e. The van der Waals surface area contributed by atoms with Gasteiger partial charge in [-0.05, 0) is 31.9 Å². The highest BCUT2D eigenvalue weighted by Crippen LogP contribution is 2.24.